The van der Waals surface area contributed by atoms with E-state index in [4.69, 9.17) is 21.0 Å². The van der Waals surface area contributed by atoms with Crippen molar-refractivity contribution in [3.8, 4) is 5.75 Å². The second-order valence-corrected chi connectivity index (χ2v) is 4.91. The van der Waals surface area contributed by atoms with Crippen molar-refractivity contribution in [3.05, 3.63) is 48.5 Å². The molecule has 0 saturated carbocycles. The van der Waals surface area contributed by atoms with E-state index in [1.165, 1.54) is 6.07 Å². The lowest BCUT2D eigenvalue weighted by atomic mass is 10.2. The van der Waals surface area contributed by atoms with Crippen molar-refractivity contribution in [1.82, 2.24) is 0 Å². The maximum absolute atomic E-state index is 12.0. The van der Waals surface area contributed by atoms with Gasteiger partial charge in [0.15, 0.2) is 12.6 Å². The highest BCUT2D eigenvalue weighted by Crippen LogP contribution is 2.18. The molecule has 0 atom stereocenters. The molecule has 0 bridgehead atoms. The molecule has 0 unspecified atom stereocenters. The first kappa shape index (κ1) is 17.6. The number of urea groups is 1. The summed E-state index contributed by atoms with van der Waals surface area (Å²) in [5.41, 5.74) is 6.77. The van der Waals surface area contributed by atoms with E-state index >= 15 is 0 Å². The van der Waals surface area contributed by atoms with Crippen molar-refractivity contribution < 1.29 is 19.4 Å². The summed E-state index contributed by atoms with van der Waals surface area (Å²) in [5.74, 6) is -0.970. The van der Waals surface area contributed by atoms with Gasteiger partial charge in [-0.1, -0.05) is 12.1 Å². The molecule has 0 heterocycles. The van der Waals surface area contributed by atoms with Gasteiger partial charge in [-0.05, 0) is 30.3 Å². The van der Waals surface area contributed by atoms with Gasteiger partial charge in [0.05, 0.1) is 0 Å². The molecule has 130 valence electrons. The molecule has 0 aromatic heterocycles. The Morgan fingerprint density at radius 2 is 1.56 bits per heavy atom. The van der Waals surface area contributed by atoms with E-state index in [0.29, 0.717) is 22.8 Å². The van der Waals surface area contributed by atoms with Crippen LogP contribution in [-0.4, -0.2) is 29.7 Å². The van der Waals surface area contributed by atoms with E-state index in [-0.39, 0.29) is 5.96 Å². The largest absolute Gasteiger partial charge is 0.482 e. The number of ether oxygens (including phenoxy) is 1. The van der Waals surface area contributed by atoms with Crippen LogP contribution >= 0.6 is 0 Å². The van der Waals surface area contributed by atoms with Gasteiger partial charge in [-0.15, -0.1) is 0 Å². The number of carbonyl (C=O) groups excluding carboxylic acids is 1. The average molecular weight is 343 g/mol. The maximum Gasteiger partial charge on any atom is 0.341 e. The Kier molecular flexibility index (Phi) is 5.77. The highest BCUT2D eigenvalue weighted by atomic mass is 16.5. The van der Waals surface area contributed by atoms with Crippen LogP contribution in [0.2, 0.25) is 0 Å². The van der Waals surface area contributed by atoms with Crippen LogP contribution in [0.15, 0.2) is 48.5 Å². The second-order valence-electron chi connectivity index (χ2n) is 4.91. The van der Waals surface area contributed by atoms with Gasteiger partial charge in [-0.3, -0.25) is 5.41 Å². The molecule has 0 saturated heterocycles. The predicted molar refractivity (Wildman–Crippen MR) is 94.2 cm³/mol. The third-order valence-corrected chi connectivity index (χ3v) is 2.85. The summed E-state index contributed by atoms with van der Waals surface area (Å²) in [7, 11) is 0. The van der Waals surface area contributed by atoms with Crippen molar-refractivity contribution >= 4 is 35.0 Å². The number of hydrogen-bond donors (Lipinski definition) is 6. The van der Waals surface area contributed by atoms with Crippen LogP contribution in [0, 0.1) is 5.41 Å². The van der Waals surface area contributed by atoms with E-state index in [9.17, 15) is 9.59 Å². The molecule has 7 N–H and O–H groups in total. The SMILES string of the molecule is N=C(N)Nc1cccc(NC(=O)Nc2cccc(OCC(=O)O)c2)c1. The lowest BCUT2D eigenvalue weighted by Gasteiger charge is -2.10. The van der Waals surface area contributed by atoms with E-state index < -0.39 is 18.6 Å². The monoisotopic (exact) mass is 343 g/mol. The Hall–Kier alpha value is -3.75. The molecule has 2 amide bonds. The van der Waals surface area contributed by atoms with Crippen LogP contribution in [0.5, 0.6) is 5.75 Å². The summed E-state index contributed by atoms with van der Waals surface area (Å²) in [6.45, 7) is -0.467. The first-order valence-electron chi connectivity index (χ1n) is 7.16. The van der Waals surface area contributed by atoms with Gasteiger partial charge in [0, 0.05) is 23.1 Å². The minimum atomic E-state index is -1.09. The van der Waals surface area contributed by atoms with Crippen molar-refractivity contribution in [2.45, 2.75) is 0 Å². The van der Waals surface area contributed by atoms with Gasteiger partial charge in [-0.25, -0.2) is 9.59 Å². The number of carboxylic acids is 1. The summed E-state index contributed by atoms with van der Waals surface area (Å²) in [6.07, 6.45) is 0. The Labute approximate surface area is 143 Å². The molecule has 2 aromatic rings. The second kappa shape index (κ2) is 8.20. The predicted octanol–water partition coefficient (Wildman–Crippen LogP) is 2.10. The number of hydrogen-bond acceptors (Lipinski definition) is 4. The molecule has 9 heteroatoms. The van der Waals surface area contributed by atoms with Crippen molar-refractivity contribution in [2.24, 2.45) is 5.73 Å². The maximum atomic E-state index is 12.0. The van der Waals surface area contributed by atoms with Gasteiger partial charge < -0.3 is 31.5 Å². The normalized spacial score (nSPS) is 9.76. The Bertz CT molecular complexity index is 794. The summed E-state index contributed by atoms with van der Waals surface area (Å²) in [6, 6.07) is 12.6. The van der Waals surface area contributed by atoms with Crippen LogP contribution in [0.25, 0.3) is 0 Å². The van der Waals surface area contributed by atoms with Crippen LogP contribution in [-0.2, 0) is 4.79 Å². The van der Waals surface area contributed by atoms with E-state index in [1.807, 2.05) is 0 Å². The topological polar surface area (TPSA) is 150 Å². The van der Waals surface area contributed by atoms with E-state index in [1.54, 1.807) is 42.5 Å². The number of guanidine groups is 1. The average Bonchev–Trinajstić information content (AvgIpc) is 2.53. The van der Waals surface area contributed by atoms with Crippen LogP contribution < -0.4 is 26.4 Å². The molecule has 9 nitrogen and oxygen atoms in total. The lowest BCUT2D eigenvalue weighted by molar-refractivity contribution is -0.139. The Balaban J connectivity index is 1.97. The highest BCUT2D eigenvalue weighted by molar-refractivity contribution is 6.00. The van der Waals surface area contributed by atoms with Gasteiger partial charge in [-0.2, -0.15) is 0 Å². The minimum Gasteiger partial charge on any atom is -0.482 e. The molecule has 0 aliphatic carbocycles. The molecule has 2 rings (SSSR count). The molecule has 0 aliphatic heterocycles. The van der Waals surface area contributed by atoms with Crippen LogP contribution in [0.1, 0.15) is 0 Å². The van der Waals surface area contributed by atoms with E-state index in [0.717, 1.165) is 0 Å². The number of rotatable bonds is 6. The van der Waals surface area contributed by atoms with Crippen LogP contribution in [0.3, 0.4) is 0 Å². The number of nitrogens with two attached hydrogens (primary N) is 1. The van der Waals surface area contributed by atoms with Gasteiger partial charge in [0.25, 0.3) is 0 Å². The lowest BCUT2D eigenvalue weighted by Crippen LogP contribution is -2.21. The van der Waals surface area contributed by atoms with Crippen molar-refractivity contribution in [3.63, 3.8) is 0 Å². The zero-order valence-corrected chi connectivity index (χ0v) is 13.1. The molecule has 2 aromatic carbocycles. The third kappa shape index (κ3) is 6.10. The zero-order valence-electron chi connectivity index (χ0n) is 13.1. The third-order valence-electron chi connectivity index (χ3n) is 2.85. The summed E-state index contributed by atoms with van der Waals surface area (Å²) in [4.78, 5) is 22.6. The molecular formula is C16H17N5O4. The highest BCUT2D eigenvalue weighted by Gasteiger charge is 2.06. The number of carboxylic acid groups (broad SMARTS) is 1. The summed E-state index contributed by atoms with van der Waals surface area (Å²) < 4.78 is 5.05. The first-order chi connectivity index (χ1) is 11.9. The fourth-order valence-corrected chi connectivity index (χ4v) is 1.93. The number of anilines is 3. The first-order valence-corrected chi connectivity index (χ1v) is 7.16. The smallest absolute Gasteiger partial charge is 0.341 e. The molecule has 25 heavy (non-hydrogen) atoms. The van der Waals surface area contributed by atoms with Gasteiger partial charge in [0.2, 0.25) is 0 Å². The Morgan fingerprint density at radius 3 is 2.16 bits per heavy atom. The Morgan fingerprint density at radius 1 is 1.00 bits per heavy atom. The number of nitrogens with one attached hydrogen (secondary N) is 4. The minimum absolute atomic E-state index is 0.209. The zero-order chi connectivity index (χ0) is 18.2. The summed E-state index contributed by atoms with van der Waals surface area (Å²) >= 11 is 0. The fourth-order valence-electron chi connectivity index (χ4n) is 1.93. The molecule has 0 spiro atoms. The molecular weight excluding hydrogens is 326 g/mol. The van der Waals surface area contributed by atoms with Gasteiger partial charge in [0.1, 0.15) is 5.75 Å². The number of aliphatic carboxylic acids is 1. The molecule has 0 fully saturated rings. The summed E-state index contributed by atoms with van der Waals surface area (Å²) in [5, 5.41) is 23.7. The standard InChI is InChI=1S/C16H17N5O4/c17-15(18)19-10-3-1-4-11(7-10)20-16(24)21-12-5-2-6-13(8-12)25-9-14(22)23/h1-8H,9H2,(H,22,23)(H4,17,18,19)(H2,20,21,24). The van der Waals surface area contributed by atoms with Crippen LogP contribution in [0.4, 0.5) is 21.9 Å². The number of amides is 2. The quantitative estimate of drug-likeness (QED) is 0.349. The van der Waals surface area contributed by atoms with E-state index in [2.05, 4.69) is 16.0 Å². The molecule has 0 aliphatic rings. The van der Waals surface area contributed by atoms with Gasteiger partial charge >= 0.3 is 12.0 Å². The van der Waals surface area contributed by atoms with Crippen molar-refractivity contribution in [2.75, 3.05) is 22.6 Å². The molecule has 0 radical (unpaired) electrons. The number of benzene rings is 2. The van der Waals surface area contributed by atoms with Crippen molar-refractivity contribution in [1.29, 1.82) is 5.41 Å². The fraction of sp³-hybridized carbons (Fsp3) is 0.0625. The number of carbonyl (C=O) groups is 2.